The summed E-state index contributed by atoms with van der Waals surface area (Å²) < 4.78 is 13.2. The Hall–Kier alpha value is -2.17. The van der Waals surface area contributed by atoms with Crippen molar-refractivity contribution in [1.82, 2.24) is 10.2 Å². The van der Waals surface area contributed by atoms with Crippen molar-refractivity contribution in [2.45, 2.75) is 65.0 Å². The molecule has 1 N–H and O–H groups in total. The highest BCUT2D eigenvalue weighted by Gasteiger charge is 2.61. The summed E-state index contributed by atoms with van der Waals surface area (Å²) in [6.07, 6.45) is 10.5. The number of nitrogens with zero attached hydrogens (tertiary/aromatic N) is 1. The van der Waals surface area contributed by atoms with Crippen molar-refractivity contribution in [3.63, 3.8) is 0 Å². The van der Waals surface area contributed by atoms with Gasteiger partial charge in [0.15, 0.2) is 0 Å². The predicted molar refractivity (Wildman–Crippen MR) is 122 cm³/mol. The topological polar surface area (TPSA) is 49.4 Å². The Morgan fingerprint density at radius 3 is 2.59 bits per heavy atom. The number of carbonyl (C=O) groups is 2. The number of amides is 2. The van der Waals surface area contributed by atoms with Crippen molar-refractivity contribution in [2.75, 3.05) is 7.05 Å². The molecule has 1 aliphatic heterocycles. The molecule has 1 heterocycles. The zero-order valence-corrected chi connectivity index (χ0v) is 19.4. The number of rotatable bonds is 3. The first-order valence-corrected chi connectivity index (χ1v) is 12.2. The Labute approximate surface area is 190 Å². The second-order valence-corrected chi connectivity index (χ2v) is 11.1. The normalized spacial score (nSPS) is 40.4. The summed E-state index contributed by atoms with van der Waals surface area (Å²) in [6.45, 7) is 5.16. The van der Waals surface area contributed by atoms with Gasteiger partial charge in [-0.15, -0.1) is 0 Å². The van der Waals surface area contributed by atoms with Crippen molar-refractivity contribution in [3.05, 3.63) is 47.8 Å². The highest BCUT2D eigenvalue weighted by atomic mass is 19.1. The number of carbonyl (C=O) groups excluding carboxylic acids is 2. The third-order valence-electron chi connectivity index (χ3n) is 9.82. The maximum absolute atomic E-state index is 13.2. The van der Waals surface area contributed by atoms with Crippen LogP contribution in [-0.4, -0.2) is 29.8 Å². The number of hydrogen-bond acceptors (Lipinski definition) is 2. The van der Waals surface area contributed by atoms with E-state index in [4.69, 9.17) is 0 Å². The quantitative estimate of drug-likeness (QED) is 0.744. The van der Waals surface area contributed by atoms with Gasteiger partial charge >= 0.3 is 0 Å². The van der Waals surface area contributed by atoms with E-state index in [1.807, 2.05) is 11.9 Å². The number of fused-ring (bicyclic) bond motifs is 5. The molecule has 4 aliphatic rings. The molecule has 3 fully saturated rings. The second-order valence-electron chi connectivity index (χ2n) is 11.1. The van der Waals surface area contributed by atoms with Crippen LogP contribution < -0.4 is 5.32 Å². The lowest BCUT2D eigenvalue weighted by atomic mass is 9.47. The Kier molecular flexibility index (Phi) is 5.22. The molecule has 1 aromatic carbocycles. The van der Waals surface area contributed by atoms with Crippen molar-refractivity contribution in [2.24, 2.45) is 34.5 Å². The van der Waals surface area contributed by atoms with Crippen LogP contribution in [0.2, 0.25) is 0 Å². The first kappa shape index (κ1) is 21.7. The minimum absolute atomic E-state index is 0.0375. The lowest BCUT2D eigenvalue weighted by molar-refractivity contribution is -0.142. The highest BCUT2D eigenvalue weighted by molar-refractivity contribution is 5.89. The van der Waals surface area contributed by atoms with E-state index >= 15 is 0 Å². The summed E-state index contributed by atoms with van der Waals surface area (Å²) in [6, 6.07) is 6.65. The second kappa shape index (κ2) is 7.71. The van der Waals surface area contributed by atoms with Gasteiger partial charge in [-0.05, 0) is 85.5 Å². The molecule has 5 rings (SSSR count). The Morgan fingerprint density at radius 1 is 1.09 bits per heavy atom. The molecule has 1 aromatic rings. The van der Waals surface area contributed by atoms with Gasteiger partial charge in [-0.3, -0.25) is 9.59 Å². The highest BCUT2D eigenvalue weighted by Crippen LogP contribution is 2.65. The van der Waals surface area contributed by atoms with Gasteiger partial charge in [0, 0.05) is 31.0 Å². The van der Waals surface area contributed by atoms with E-state index in [-0.39, 0.29) is 34.4 Å². The van der Waals surface area contributed by atoms with E-state index < -0.39 is 0 Å². The minimum atomic E-state index is -0.255. The first-order chi connectivity index (χ1) is 15.2. The summed E-state index contributed by atoms with van der Waals surface area (Å²) in [7, 11) is 1.96. The molecule has 4 nitrogen and oxygen atoms in total. The van der Waals surface area contributed by atoms with Crippen molar-refractivity contribution in [3.8, 4) is 0 Å². The van der Waals surface area contributed by atoms with E-state index in [9.17, 15) is 14.0 Å². The third kappa shape index (κ3) is 3.22. The first-order valence-electron chi connectivity index (χ1n) is 12.2. The zero-order chi connectivity index (χ0) is 22.7. The van der Waals surface area contributed by atoms with Gasteiger partial charge in [-0.2, -0.15) is 0 Å². The van der Waals surface area contributed by atoms with Gasteiger partial charge in [0.2, 0.25) is 11.8 Å². The van der Waals surface area contributed by atoms with Crippen molar-refractivity contribution >= 4 is 11.8 Å². The fourth-order valence-electron chi connectivity index (χ4n) is 8.08. The van der Waals surface area contributed by atoms with Crippen LogP contribution in [0.15, 0.2) is 36.4 Å². The molecule has 0 bridgehead atoms. The summed E-state index contributed by atoms with van der Waals surface area (Å²) in [5.74, 6) is 1.84. The van der Waals surface area contributed by atoms with E-state index in [2.05, 4.69) is 25.2 Å². The molecular formula is C27H35FN2O2. The van der Waals surface area contributed by atoms with Crippen LogP contribution in [0.1, 0.15) is 57.9 Å². The number of hydrogen-bond donors (Lipinski definition) is 1. The average Bonchev–Trinajstić information content (AvgIpc) is 3.13. The van der Waals surface area contributed by atoms with Crippen molar-refractivity contribution < 1.29 is 14.0 Å². The predicted octanol–water partition coefficient (Wildman–Crippen LogP) is 4.70. The molecule has 0 spiro atoms. The molecule has 0 radical (unpaired) electrons. The SMILES string of the molecule is CN1C(=O)C=C[C@@]2(C)C1CC[C@@H]1[C@H]2CC[C@]2(C)C(C(=O)NCc3ccc(F)cc3)CC[C@@H]12. The zero-order valence-electron chi connectivity index (χ0n) is 19.4. The number of nitrogens with one attached hydrogen (secondary N) is 1. The fraction of sp³-hybridized carbons (Fsp3) is 0.630. The van der Waals surface area contributed by atoms with Gasteiger partial charge in [-0.1, -0.05) is 32.1 Å². The third-order valence-corrected chi connectivity index (χ3v) is 9.82. The van der Waals surface area contributed by atoms with Crippen LogP contribution in [0.5, 0.6) is 0 Å². The van der Waals surface area contributed by atoms with Gasteiger partial charge in [0.25, 0.3) is 0 Å². The lowest BCUT2D eigenvalue weighted by Crippen LogP contribution is -2.59. The number of halogens is 1. The van der Waals surface area contributed by atoms with E-state index in [0.29, 0.717) is 30.3 Å². The van der Waals surface area contributed by atoms with Crippen molar-refractivity contribution in [1.29, 1.82) is 0 Å². The van der Waals surface area contributed by atoms with Crippen LogP contribution in [0.4, 0.5) is 4.39 Å². The molecule has 5 heteroatoms. The van der Waals surface area contributed by atoms with Gasteiger partial charge < -0.3 is 10.2 Å². The van der Waals surface area contributed by atoms with Gasteiger partial charge in [0.1, 0.15) is 5.82 Å². The maximum Gasteiger partial charge on any atom is 0.246 e. The van der Waals surface area contributed by atoms with Crippen LogP contribution >= 0.6 is 0 Å². The fourth-order valence-corrected chi connectivity index (χ4v) is 8.08. The van der Waals surface area contributed by atoms with Gasteiger partial charge in [0.05, 0.1) is 0 Å². The number of benzene rings is 1. The lowest BCUT2D eigenvalue weighted by Gasteiger charge is -2.60. The molecule has 172 valence electrons. The van der Waals surface area contributed by atoms with E-state index in [1.165, 1.54) is 12.1 Å². The summed E-state index contributed by atoms with van der Waals surface area (Å²) in [5.41, 5.74) is 1.00. The number of likely N-dealkylation sites (N-methyl/N-ethyl adjacent to an activating group) is 1. The van der Waals surface area contributed by atoms with Crippen LogP contribution in [0.25, 0.3) is 0 Å². The maximum atomic E-state index is 13.2. The Bertz CT molecular complexity index is 943. The molecule has 32 heavy (non-hydrogen) atoms. The average molecular weight is 439 g/mol. The minimum Gasteiger partial charge on any atom is -0.352 e. The monoisotopic (exact) mass is 438 g/mol. The van der Waals surface area contributed by atoms with Crippen LogP contribution in [-0.2, 0) is 16.1 Å². The molecule has 0 saturated heterocycles. The molecule has 3 aliphatic carbocycles. The standard InChI is InChI=1S/C27H35FN2O2/c1-26-14-12-21-19(8-11-23-27(21,2)15-13-24(31)30(23)3)20(26)9-10-22(26)25(32)29-16-17-4-6-18(28)7-5-17/h4-7,13,15,19-23H,8-12,14,16H2,1-3H3,(H,29,32)/t19-,20-,21+,22?,23?,26-,27+/m0/s1. The van der Waals surface area contributed by atoms with Crippen LogP contribution in [0.3, 0.4) is 0 Å². The Balaban J connectivity index is 1.31. The van der Waals surface area contributed by atoms with Crippen LogP contribution in [0, 0.1) is 40.3 Å². The van der Waals surface area contributed by atoms with Gasteiger partial charge in [-0.25, -0.2) is 4.39 Å². The van der Waals surface area contributed by atoms with E-state index in [0.717, 1.165) is 44.1 Å². The summed E-state index contributed by atoms with van der Waals surface area (Å²) in [5, 5.41) is 3.14. The van der Waals surface area contributed by atoms with E-state index in [1.54, 1.807) is 18.2 Å². The molecule has 7 atom stereocenters. The smallest absolute Gasteiger partial charge is 0.246 e. The molecule has 0 aromatic heterocycles. The largest absolute Gasteiger partial charge is 0.352 e. The molecular weight excluding hydrogens is 403 g/mol. The molecule has 2 amide bonds. The summed E-state index contributed by atoms with van der Waals surface area (Å²) in [4.78, 5) is 27.5. The molecule has 3 saturated carbocycles. The molecule has 2 unspecified atom stereocenters. The Morgan fingerprint density at radius 2 is 1.84 bits per heavy atom. The summed E-state index contributed by atoms with van der Waals surface area (Å²) >= 11 is 0.